The molecule has 0 rings (SSSR count). The number of carbonyl (C=O) groups is 6. The van der Waals surface area contributed by atoms with E-state index < -0.39 is 5.41 Å². The molecule has 0 saturated carbocycles. The van der Waals surface area contributed by atoms with Gasteiger partial charge in [0.05, 0.1) is 5.41 Å². The van der Waals surface area contributed by atoms with E-state index in [1.165, 1.54) is 173 Å². The van der Waals surface area contributed by atoms with Gasteiger partial charge in [-0.3, -0.25) is 28.8 Å². The van der Waals surface area contributed by atoms with E-state index in [-0.39, 0.29) is 93.2 Å². The van der Waals surface area contributed by atoms with E-state index in [2.05, 4.69) is 41.5 Å². The van der Waals surface area contributed by atoms with Crippen molar-refractivity contribution < 1.29 is 57.2 Å². The largest absolute Gasteiger partial charge is 0.465 e. The van der Waals surface area contributed by atoms with Crippen molar-refractivity contribution in [1.29, 1.82) is 0 Å². The van der Waals surface area contributed by atoms with Crippen LogP contribution in [0.25, 0.3) is 0 Å². The third-order valence-electron chi connectivity index (χ3n) is 19.2. The highest BCUT2D eigenvalue weighted by atomic mass is 16.6. The van der Waals surface area contributed by atoms with Crippen molar-refractivity contribution in [3.8, 4) is 0 Å². The molecule has 0 aliphatic rings. The van der Waals surface area contributed by atoms with Crippen LogP contribution in [0.1, 0.15) is 453 Å². The van der Waals surface area contributed by atoms with Gasteiger partial charge in [-0.2, -0.15) is 0 Å². The quantitative estimate of drug-likeness (QED) is 0.0323. The summed E-state index contributed by atoms with van der Waals surface area (Å²) < 4.78 is 35.8. The predicted molar refractivity (Wildman–Crippen MR) is 396 cm³/mol. The van der Waals surface area contributed by atoms with Gasteiger partial charge in [-0.15, -0.1) is 0 Å². The molecule has 12 heteroatoms. The molecule has 12 nitrogen and oxygen atoms in total. The van der Waals surface area contributed by atoms with Crippen molar-refractivity contribution in [2.45, 2.75) is 471 Å². The summed E-state index contributed by atoms with van der Waals surface area (Å²) in [6.07, 6.45) is 64.2. The first-order valence-electron chi connectivity index (χ1n) is 41.4. The molecule has 0 fully saturated rings. The molecule has 0 spiro atoms. The minimum absolute atomic E-state index is 0.0198. The summed E-state index contributed by atoms with van der Waals surface area (Å²) in [5.41, 5.74) is -0.917. The van der Waals surface area contributed by atoms with Crippen molar-refractivity contribution in [3.05, 3.63) is 0 Å². The Labute approximate surface area is 586 Å². The second kappa shape index (κ2) is 70.7. The maximum Gasteiger partial charge on any atom is 0.306 e. The van der Waals surface area contributed by atoms with Gasteiger partial charge in [0.15, 0.2) is 0 Å². The molecular formula is C83H156O12. The third kappa shape index (κ3) is 65.2. The first kappa shape index (κ1) is 91.8. The normalized spacial score (nSPS) is 13.0. The topological polar surface area (TPSA) is 158 Å². The Morgan fingerprint density at radius 2 is 0.358 bits per heavy atom. The predicted octanol–water partition coefficient (Wildman–Crippen LogP) is 25.1. The number of unbranched alkanes of at least 4 members (excludes halogenated alkanes) is 42. The number of carbonyl (C=O) groups excluding carboxylic acids is 6. The van der Waals surface area contributed by atoms with Crippen molar-refractivity contribution in [1.82, 2.24) is 0 Å². The highest BCUT2D eigenvalue weighted by Crippen LogP contribution is 2.25. The molecule has 0 radical (unpaired) electrons. The van der Waals surface area contributed by atoms with Crippen molar-refractivity contribution in [2.75, 3.05) is 19.8 Å². The van der Waals surface area contributed by atoms with Crippen LogP contribution in [-0.2, 0) is 57.2 Å². The van der Waals surface area contributed by atoms with Crippen LogP contribution >= 0.6 is 0 Å². The van der Waals surface area contributed by atoms with Crippen LogP contribution in [0.3, 0.4) is 0 Å². The average molecular weight is 1350 g/mol. The van der Waals surface area contributed by atoms with E-state index in [0.29, 0.717) is 38.5 Å². The molecule has 3 unspecified atom stereocenters. The highest BCUT2D eigenvalue weighted by Gasteiger charge is 2.31. The van der Waals surface area contributed by atoms with Crippen LogP contribution in [-0.4, -0.2) is 73.9 Å². The zero-order valence-electron chi connectivity index (χ0n) is 63.8. The number of ether oxygens (including phenoxy) is 6. The first-order chi connectivity index (χ1) is 46.3. The summed E-state index contributed by atoms with van der Waals surface area (Å²) >= 11 is 0. The average Bonchev–Trinajstić information content (AvgIpc) is 1.72. The van der Waals surface area contributed by atoms with Crippen LogP contribution in [0.5, 0.6) is 0 Å². The lowest BCUT2D eigenvalue weighted by Gasteiger charge is -2.28. The van der Waals surface area contributed by atoms with Crippen LogP contribution < -0.4 is 0 Å². The molecule has 0 aromatic rings. The zero-order chi connectivity index (χ0) is 69.6. The molecule has 0 aromatic heterocycles. The van der Waals surface area contributed by atoms with Crippen LogP contribution in [0.15, 0.2) is 0 Å². The maximum atomic E-state index is 13.2. The molecular weight excluding hydrogens is 1190 g/mol. The van der Waals surface area contributed by atoms with Gasteiger partial charge in [-0.25, -0.2) is 0 Å². The fourth-order valence-electron chi connectivity index (χ4n) is 12.7. The molecule has 560 valence electrons. The van der Waals surface area contributed by atoms with Crippen LogP contribution in [0, 0.1) is 5.41 Å². The summed E-state index contributed by atoms with van der Waals surface area (Å²) in [5.74, 6) is -1.09. The molecule has 0 amide bonds. The van der Waals surface area contributed by atoms with Gasteiger partial charge in [-0.05, 0) is 122 Å². The molecule has 95 heavy (non-hydrogen) atoms. The van der Waals surface area contributed by atoms with Crippen molar-refractivity contribution in [2.24, 2.45) is 5.41 Å². The summed E-state index contributed by atoms with van der Waals surface area (Å²) in [5, 5.41) is 0. The Morgan fingerprint density at radius 1 is 0.211 bits per heavy atom. The molecule has 0 aliphatic heterocycles. The van der Waals surface area contributed by atoms with E-state index in [9.17, 15) is 28.8 Å². The van der Waals surface area contributed by atoms with Crippen molar-refractivity contribution in [3.63, 3.8) is 0 Å². The summed E-state index contributed by atoms with van der Waals surface area (Å²) in [7, 11) is 0. The SMILES string of the molecule is CCCCCCCCCC(CCCCCCCC(=O)OCC(C)(COC(=O)CCCCCCCC(CCCCCCCCC)OC(=O)CCCCCCC)COC(=O)CCCCCCCC(CCCCCCCCC)OC(=O)CCCCCCC)OC(=O)CCCCCCC. The van der Waals surface area contributed by atoms with Gasteiger partial charge in [0.25, 0.3) is 0 Å². The molecule has 0 saturated heterocycles. The maximum absolute atomic E-state index is 13.2. The Balaban J connectivity index is 5.42. The number of esters is 6. The number of hydrogen-bond acceptors (Lipinski definition) is 12. The van der Waals surface area contributed by atoms with Crippen LogP contribution in [0.2, 0.25) is 0 Å². The smallest absolute Gasteiger partial charge is 0.306 e. The van der Waals surface area contributed by atoms with Gasteiger partial charge in [-0.1, -0.05) is 292 Å². The van der Waals surface area contributed by atoms with Gasteiger partial charge in [0, 0.05) is 38.5 Å². The minimum atomic E-state index is -0.917. The van der Waals surface area contributed by atoms with Crippen molar-refractivity contribution >= 4 is 35.8 Å². The van der Waals surface area contributed by atoms with Gasteiger partial charge in [0.2, 0.25) is 0 Å². The number of hydrogen-bond donors (Lipinski definition) is 0. The highest BCUT2D eigenvalue weighted by molar-refractivity contribution is 5.71. The lowest BCUT2D eigenvalue weighted by Crippen LogP contribution is -2.37. The van der Waals surface area contributed by atoms with E-state index in [1.54, 1.807) is 0 Å². The summed E-state index contributed by atoms with van der Waals surface area (Å²) in [6.45, 7) is 15.1. The first-order valence-corrected chi connectivity index (χ1v) is 41.4. The minimum Gasteiger partial charge on any atom is -0.465 e. The van der Waals surface area contributed by atoms with Gasteiger partial charge >= 0.3 is 35.8 Å². The lowest BCUT2D eigenvalue weighted by molar-refractivity contribution is -0.161. The Hall–Kier alpha value is -3.18. The summed E-state index contributed by atoms with van der Waals surface area (Å²) in [4.78, 5) is 78.2. The Kier molecular flexibility index (Phi) is 68.3. The van der Waals surface area contributed by atoms with Gasteiger partial charge < -0.3 is 28.4 Å². The van der Waals surface area contributed by atoms with Crippen LogP contribution in [0.4, 0.5) is 0 Å². The zero-order valence-corrected chi connectivity index (χ0v) is 63.8. The van der Waals surface area contributed by atoms with Gasteiger partial charge in [0.1, 0.15) is 38.1 Å². The molecule has 0 heterocycles. The molecule has 0 N–H and O–H groups in total. The molecule has 3 atom stereocenters. The molecule has 0 aliphatic carbocycles. The molecule has 0 bridgehead atoms. The lowest BCUT2D eigenvalue weighted by atomic mass is 9.94. The monoisotopic (exact) mass is 1350 g/mol. The van der Waals surface area contributed by atoms with E-state index in [4.69, 9.17) is 28.4 Å². The fraction of sp³-hybridized carbons (Fsp3) is 0.928. The number of rotatable bonds is 75. The Bertz CT molecular complexity index is 1540. The molecule has 0 aromatic carbocycles. The third-order valence-corrected chi connectivity index (χ3v) is 19.2. The Morgan fingerprint density at radius 3 is 0.537 bits per heavy atom. The van der Waals surface area contributed by atoms with E-state index in [0.717, 1.165) is 173 Å². The fourth-order valence-corrected chi connectivity index (χ4v) is 12.7. The second-order valence-electron chi connectivity index (χ2n) is 29.3. The standard InChI is InChI=1S/C83H156O12/c1-8-14-20-26-29-38-47-59-74(93-80(87)68-56-35-23-17-11-4)62-50-41-32-44-53-65-77(84)90-71-83(7,72-91-78(85)66-54-45-33-42-51-63-75(60-48-39-30-27-21-15-9-2)94-81(88)69-57-36-24-18-12-5)73-92-79(86)67-55-46-34-43-52-64-76(61-49-40-31-28-22-16-10-3)95-82(89)70-58-37-25-19-13-6/h74-76H,8-73H2,1-7H3. The second-order valence-corrected chi connectivity index (χ2v) is 29.3. The summed E-state index contributed by atoms with van der Waals surface area (Å²) in [6, 6.07) is 0. The van der Waals surface area contributed by atoms with E-state index in [1.807, 2.05) is 6.92 Å². The van der Waals surface area contributed by atoms with E-state index >= 15 is 0 Å².